The van der Waals surface area contributed by atoms with E-state index in [-0.39, 0.29) is 17.8 Å². The van der Waals surface area contributed by atoms with E-state index in [0.717, 1.165) is 11.1 Å². The molecule has 4 aromatic rings. The molecule has 0 spiro atoms. The summed E-state index contributed by atoms with van der Waals surface area (Å²) in [5.74, 6) is -1.11. The summed E-state index contributed by atoms with van der Waals surface area (Å²) >= 11 is 0. The largest absolute Gasteiger partial charge is 0.475 e. The maximum absolute atomic E-state index is 11.7. The van der Waals surface area contributed by atoms with Crippen molar-refractivity contribution in [2.24, 2.45) is 0 Å². The van der Waals surface area contributed by atoms with Gasteiger partial charge in [-0.3, -0.25) is 0 Å². The third-order valence-electron chi connectivity index (χ3n) is 5.89. The maximum Gasteiger partial charge on any atom is 0.374 e. The van der Waals surface area contributed by atoms with Crippen LogP contribution >= 0.6 is 0 Å². The number of aliphatic hydroxyl groups is 1. The number of aliphatic hydroxyl groups excluding tert-OH is 1. The molecule has 0 bridgehead atoms. The molecule has 0 saturated carbocycles. The van der Waals surface area contributed by atoms with E-state index in [4.69, 9.17) is 0 Å². The summed E-state index contributed by atoms with van der Waals surface area (Å²) in [4.78, 5) is 24.7. The number of carboxylic acids is 1. The Hall–Kier alpha value is -4.04. The van der Waals surface area contributed by atoms with Gasteiger partial charge >= 0.3 is 5.97 Å². The van der Waals surface area contributed by atoms with Crippen LogP contribution in [0.15, 0.2) is 79.1 Å². The highest BCUT2D eigenvalue weighted by Gasteiger charge is 2.24. The number of allylic oxidation sites excluding steroid dienone is 1. The molecular weight excluding hydrogens is 418 g/mol. The SMILES string of the molecule is O=C(O)c1nc(NCC(c2ccccc2)c2ccccc2)c2ncn([C@H]3C=C[C@@H](O)C3)c2n1. The van der Waals surface area contributed by atoms with E-state index in [1.165, 1.54) is 0 Å². The molecule has 0 saturated heterocycles. The van der Waals surface area contributed by atoms with Crippen LogP contribution in [0.25, 0.3) is 11.2 Å². The second kappa shape index (κ2) is 8.84. The Kier molecular flexibility index (Phi) is 5.58. The lowest BCUT2D eigenvalue weighted by Crippen LogP contribution is -2.17. The van der Waals surface area contributed by atoms with Crippen LogP contribution in [0.5, 0.6) is 0 Å². The molecule has 2 aromatic carbocycles. The minimum atomic E-state index is -1.21. The molecule has 166 valence electrons. The van der Waals surface area contributed by atoms with Gasteiger partial charge in [-0.15, -0.1) is 0 Å². The highest BCUT2D eigenvalue weighted by Crippen LogP contribution is 2.30. The molecular formula is C25H23N5O3. The van der Waals surface area contributed by atoms with E-state index < -0.39 is 12.1 Å². The minimum absolute atomic E-state index is 0.0284. The Labute approximate surface area is 190 Å². The van der Waals surface area contributed by atoms with Crippen LogP contribution in [0.4, 0.5) is 5.82 Å². The average molecular weight is 441 g/mol. The molecule has 3 N–H and O–H groups in total. The van der Waals surface area contributed by atoms with Gasteiger partial charge in [0, 0.05) is 18.9 Å². The van der Waals surface area contributed by atoms with Crippen LogP contribution in [0.3, 0.4) is 0 Å². The predicted molar refractivity (Wildman–Crippen MR) is 124 cm³/mol. The monoisotopic (exact) mass is 441 g/mol. The predicted octanol–water partition coefficient (Wildman–Crippen LogP) is 3.63. The zero-order valence-corrected chi connectivity index (χ0v) is 17.7. The van der Waals surface area contributed by atoms with Gasteiger partial charge in [0.1, 0.15) is 0 Å². The van der Waals surface area contributed by atoms with Gasteiger partial charge in [-0.1, -0.05) is 72.8 Å². The number of rotatable bonds is 7. The molecule has 2 atom stereocenters. The van der Waals surface area contributed by atoms with Crippen molar-refractivity contribution in [3.8, 4) is 0 Å². The number of carbonyl (C=O) groups is 1. The molecule has 5 rings (SSSR count). The molecule has 2 aromatic heterocycles. The molecule has 1 aliphatic carbocycles. The summed E-state index contributed by atoms with van der Waals surface area (Å²) in [5, 5.41) is 22.8. The second-order valence-corrected chi connectivity index (χ2v) is 8.04. The van der Waals surface area contributed by atoms with Gasteiger partial charge in [-0.2, -0.15) is 0 Å². The van der Waals surface area contributed by atoms with Crippen molar-refractivity contribution in [3.63, 3.8) is 0 Å². The number of imidazole rings is 1. The number of benzene rings is 2. The van der Waals surface area contributed by atoms with E-state index in [1.54, 1.807) is 17.0 Å². The van der Waals surface area contributed by atoms with Crippen molar-refractivity contribution in [1.29, 1.82) is 0 Å². The van der Waals surface area contributed by atoms with Crippen LogP contribution in [0.2, 0.25) is 0 Å². The molecule has 2 heterocycles. The zero-order valence-electron chi connectivity index (χ0n) is 17.7. The average Bonchev–Trinajstić information content (AvgIpc) is 3.46. The molecule has 8 heteroatoms. The Bertz CT molecular complexity index is 1260. The first kappa shape index (κ1) is 20.8. The van der Waals surface area contributed by atoms with Gasteiger partial charge in [0.25, 0.3) is 0 Å². The molecule has 0 amide bonds. The number of anilines is 1. The second-order valence-electron chi connectivity index (χ2n) is 8.04. The topological polar surface area (TPSA) is 113 Å². The standard InChI is InChI=1S/C25H23N5O3/c31-19-12-11-18(13-19)30-15-27-21-22(28-23(25(32)33)29-24(21)30)26-14-20(16-7-3-1-4-8-16)17-9-5-2-6-10-17/h1-12,15,18-20,31H,13-14H2,(H,32,33)(H,26,28,29)/t18-,19+/m0/s1. The van der Waals surface area contributed by atoms with Crippen molar-refractivity contribution in [2.45, 2.75) is 24.5 Å². The lowest BCUT2D eigenvalue weighted by molar-refractivity contribution is 0.0684. The Morgan fingerprint density at radius 1 is 1.03 bits per heavy atom. The lowest BCUT2D eigenvalue weighted by atomic mass is 9.91. The first-order valence-corrected chi connectivity index (χ1v) is 10.8. The van der Waals surface area contributed by atoms with Crippen molar-refractivity contribution in [3.05, 3.63) is 96.1 Å². The van der Waals surface area contributed by atoms with Gasteiger partial charge < -0.3 is 20.1 Å². The van der Waals surface area contributed by atoms with E-state index in [1.807, 2.05) is 42.5 Å². The molecule has 33 heavy (non-hydrogen) atoms. The number of hydrogen-bond acceptors (Lipinski definition) is 6. The summed E-state index contributed by atoms with van der Waals surface area (Å²) in [6, 6.07) is 20.1. The molecule has 1 aliphatic rings. The smallest absolute Gasteiger partial charge is 0.374 e. The number of hydrogen-bond donors (Lipinski definition) is 3. The number of carboxylic acid groups (broad SMARTS) is 1. The van der Waals surface area contributed by atoms with Crippen molar-refractivity contribution in [2.75, 3.05) is 11.9 Å². The highest BCUT2D eigenvalue weighted by atomic mass is 16.4. The van der Waals surface area contributed by atoms with Crippen LogP contribution in [-0.4, -0.2) is 48.4 Å². The van der Waals surface area contributed by atoms with E-state index in [9.17, 15) is 15.0 Å². The number of nitrogens with zero attached hydrogens (tertiary/aromatic N) is 4. The van der Waals surface area contributed by atoms with Gasteiger partial charge in [-0.05, 0) is 11.1 Å². The Balaban J connectivity index is 1.52. The number of fused-ring (bicyclic) bond motifs is 1. The van der Waals surface area contributed by atoms with Crippen molar-refractivity contribution < 1.29 is 15.0 Å². The highest BCUT2D eigenvalue weighted by molar-refractivity contribution is 5.90. The van der Waals surface area contributed by atoms with Crippen LogP contribution in [0.1, 0.15) is 40.1 Å². The Morgan fingerprint density at radius 3 is 2.27 bits per heavy atom. The molecule has 0 unspecified atom stereocenters. The maximum atomic E-state index is 11.7. The summed E-state index contributed by atoms with van der Waals surface area (Å²) in [6.07, 6.45) is 5.17. The van der Waals surface area contributed by atoms with Crippen LogP contribution < -0.4 is 5.32 Å². The number of aromatic nitrogens is 4. The molecule has 0 radical (unpaired) electrons. The van der Waals surface area contributed by atoms with E-state index in [0.29, 0.717) is 29.9 Å². The zero-order chi connectivity index (χ0) is 22.8. The fourth-order valence-electron chi connectivity index (χ4n) is 4.24. The summed E-state index contributed by atoms with van der Waals surface area (Å²) in [6.45, 7) is 0.494. The first-order valence-electron chi connectivity index (χ1n) is 10.8. The summed E-state index contributed by atoms with van der Waals surface area (Å²) < 4.78 is 1.78. The lowest BCUT2D eigenvalue weighted by Gasteiger charge is -2.19. The first-order chi connectivity index (χ1) is 16.1. The molecule has 0 fully saturated rings. The van der Waals surface area contributed by atoms with E-state index in [2.05, 4.69) is 44.5 Å². The van der Waals surface area contributed by atoms with E-state index >= 15 is 0 Å². The fraction of sp³-hybridized carbons (Fsp3) is 0.200. The molecule has 0 aliphatic heterocycles. The minimum Gasteiger partial charge on any atom is -0.475 e. The summed E-state index contributed by atoms with van der Waals surface area (Å²) in [7, 11) is 0. The van der Waals surface area contributed by atoms with Crippen molar-refractivity contribution in [1.82, 2.24) is 19.5 Å². The fourth-order valence-corrected chi connectivity index (χ4v) is 4.24. The third kappa shape index (κ3) is 4.20. The number of nitrogens with one attached hydrogen (secondary N) is 1. The Morgan fingerprint density at radius 2 is 1.70 bits per heavy atom. The van der Waals surface area contributed by atoms with Gasteiger partial charge in [0.05, 0.1) is 18.5 Å². The molecule has 8 nitrogen and oxygen atoms in total. The van der Waals surface area contributed by atoms with Crippen LogP contribution in [-0.2, 0) is 0 Å². The van der Waals surface area contributed by atoms with Gasteiger partial charge in [0.2, 0.25) is 5.82 Å². The summed E-state index contributed by atoms with van der Waals surface area (Å²) in [5.41, 5.74) is 3.19. The van der Waals surface area contributed by atoms with Gasteiger partial charge in [0.15, 0.2) is 17.0 Å². The van der Waals surface area contributed by atoms with Crippen molar-refractivity contribution >= 4 is 23.0 Å². The van der Waals surface area contributed by atoms with Gasteiger partial charge in [-0.25, -0.2) is 19.7 Å². The third-order valence-corrected chi connectivity index (χ3v) is 5.89. The normalized spacial score (nSPS) is 17.6. The quantitative estimate of drug-likeness (QED) is 0.375. The number of aromatic carboxylic acids is 1. The van der Waals surface area contributed by atoms with Crippen LogP contribution in [0, 0.1) is 0 Å².